The van der Waals surface area contributed by atoms with Crippen LogP contribution in [0.2, 0.25) is 0 Å². The van der Waals surface area contributed by atoms with E-state index in [2.05, 4.69) is 19.2 Å². The highest BCUT2D eigenvalue weighted by molar-refractivity contribution is 5.28. The standard InChI is InChI=1S/C14H23NO/c1-3-4-5-6-10-15-12(2)13-8-7-9-14(16)11-13/h7-9,11-12,15-16H,3-6,10H2,1-2H3. The number of benzene rings is 1. The highest BCUT2D eigenvalue weighted by atomic mass is 16.3. The Morgan fingerprint density at radius 3 is 2.75 bits per heavy atom. The smallest absolute Gasteiger partial charge is 0.115 e. The molecule has 1 aromatic carbocycles. The summed E-state index contributed by atoms with van der Waals surface area (Å²) in [6.07, 6.45) is 5.14. The van der Waals surface area contributed by atoms with Crippen LogP contribution in [0.15, 0.2) is 24.3 Å². The van der Waals surface area contributed by atoms with Crippen LogP contribution in [0.3, 0.4) is 0 Å². The van der Waals surface area contributed by atoms with E-state index in [9.17, 15) is 5.11 Å². The molecule has 2 heteroatoms. The first-order valence-electron chi connectivity index (χ1n) is 6.26. The van der Waals surface area contributed by atoms with Crippen LogP contribution in [0.25, 0.3) is 0 Å². The average molecular weight is 221 g/mol. The molecule has 1 atom stereocenters. The van der Waals surface area contributed by atoms with Crippen LogP contribution in [0, 0.1) is 0 Å². The van der Waals surface area contributed by atoms with Gasteiger partial charge in [0.25, 0.3) is 0 Å². The summed E-state index contributed by atoms with van der Waals surface area (Å²) in [5.41, 5.74) is 1.15. The maximum Gasteiger partial charge on any atom is 0.115 e. The lowest BCUT2D eigenvalue weighted by atomic mass is 10.1. The molecular formula is C14H23NO. The van der Waals surface area contributed by atoms with Gasteiger partial charge < -0.3 is 10.4 Å². The molecule has 1 unspecified atom stereocenters. The molecular weight excluding hydrogens is 198 g/mol. The quantitative estimate of drug-likeness (QED) is 0.689. The molecule has 0 saturated carbocycles. The van der Waals surface area contributed by atoms with Gasteiger partial charge in [0.1, 0.15) is 5.75 Å². The van der Waals surface area contributed by atoms with Gasteiger partial charge in [0.05, 0.1) is 0 Å². The molecule has 0 heterocycles. The van der Waals surface area contributed by atoms with E-state index in [1.165, 1.54) is 25.7 Å². The molecule has 90 valence electrons. The SMILES string of the molecule is CCCCCCNC(C)c1cccc(O)c1. The lowest BCUT2D eigenvalue weighted by Gasteiger charge is -2.14. The monoisotopic (exact) mass is 221 g/mol. The van der Waals surface area contributed by atoms with Crippen LogP contribution in [0.4, 0.5) is 0 Å². The van der Waals surface area contributed by atoms with E-state index in [1.807, 2.05) is 18.2 Å². The Morgan fingerprint density at radius 1 is 1.25 bits per heavy atom. The van der Waals surface area contributed by atoms with Gasteiger partial charge >= 0.3 is 0 Å². The van der Waals surface area contributed by atoms with E-state index in [4.69, 9.17) is 0 Å². The molecule has 0 aliphatic heterocycles. The molecule has 0 amide bonds. The van der Waals surface area contributed by atoms with Crippen molar-refractivity contribution >= 4 is 0 Å². The Balaban J connectivity index is 2.27. The predicted molar refractivity (Wildman–Crippen MR) is 68.7 cm³/mol. The Morgan fingerprint density at radius 2 is 2.06 bits per heavy atom. The molecule has 0 bridgehead atoms. The highest BCUT2D eigenvalue weighted by Gasteiger charge is 2.04. The van der Waals surface area contributed by atoms with Crippen molar-refractivity contribution in [2.75, 3.05) is 6.54 Å². The summed E-state index contributed by atoms with van der Waals surface area (Å²) in [6, 6.07) is 7.78. The van der Waals surface area contributed by atoms with Gasteiger partial charge in [-0.15, -0.1) is 0 Å². The minimum atomic E-state index is 0.314. The van der Waals surface area contributed by atoms with Gasteiger partial charge in [-0.05, 0) is 37.6 Å². The van der Waals surface area contributed by atoms with Gasteiger partial charge in [-0.3, -0.25) is 0 Å². The predicted octanol–water partition coefficient (Wildman–Crippen LogP) is 3.62. The van der Waals surface area contributed by atoms with Gasteiger partial charge in [0.15, 0.2) is 0 Å². The van der Waals surface area contributed by atoms with Crippen LogP contribution in [0.5, 0.6) is 5.75 Å². The second kappa shape index (κ2) is 7.29. The minimum Gasteiger partial charge on any atom is -0.508 e. The summed E-state index contributed by atoms with van der Waals surface area (Å²) >= 11 is 0. The number of rotatable bonds is 7. The van der Waals surface area contributed by atoms with Gasteiger partial charge in [0.2, 0.25) is 0 Å². The molecule has 2 nitrogen and oxygen atoms in total. The van der Waals surface area contributed by atoms with Crippen molar-refractivity contribution in [1.29, 1.82) is 0 Å². The molecule has 0 radical (unpaired) electrons. The summed E-state index contributed by atoms with van der Waals surface area (Å²) < 4.78 is 0. The summed E-state index contributed by atoms with van der Waals surface area (Å²) in [4.78, 5) is 0. The molecule has 1 aromatic rings. The largest absolute Gasteiger partial charge is 0.508 e. The molecule has 2 N–H and O–H groups in total. The van der Waals surface area contributed by atoms with Gasteiger partial charge in [-0.2, -0.15) is 0 Å². The molecule has 0 aromatic heterocycles. The molecule has 1 rings (SSSR count). The molecule has 0 aliphatic rings. The number of aromatic hydroxyl groups is 1. The van der Waals surface area contributed by atoms with Gasteiger partial charge in [0, 0.05) is 6.04 Å². The topological polar surface area (TPSA) is 32.3 Å². The summed E-state index contributed by atoms with van der Waals surface area (Å²) in [7, 11) is 0. The van der Waals surface area contributed by atoms with Crippen molar-refractivity contribution < 1.29 is 5.11 Å². The van der Waals surface area contributed by atoms with Gasteiger partial charge in [-0.1, -0.05) is 38.3 Å². The normalized spacial score (nSPS) is 12.6. The summed E-state index contributed by atoms with van der Waals surface area (Å²) in [5, 5.41) is 12.8. The van der Waals surface area contributed by atoms with Crippen LogP contribution >= 0.6 is 0 Å². The molecule has 0 aliphatic carbocycles. The zero-order valence-corrected chi connectivity index (χ0v) is 10.4. The van der Waals surface area contributed by atoms with Crippen molar-refractivity contribution in [2.45, 2.75) is 45.6 Å². The lowest BCUT2D eigenvalue weighted by Crippen LogP contribution is -2.19. The number of hydrogen-bond donors (Lipinski definition) is 2. The van der Waals surface area contributed by atoms with Crippen molar-refractivity contribution in [2.24, 2.45) is 0 Å². The molecule has 0 spiro atoms. The maximum atomic E-state index is 9.38. The van der Waals surface area contributed by atoms with E-state index in [0.717, 1.165) is 12.1 Å². The fraction of sp³-hybridized carbons (Fsp3) is 0.571. The third kappa shape index (κ3) is 4.67. The van der Waals surface area contributed by atoms with E-state index in [-0.39, 0.29) is 0 Å². The van der Waals surface area contributed by atoms with E-state index in [0.29, 0.717) is 11.8 Å². The van der Waals surface area contributed by atoms with Crippen LogP contribution in [0.1, 0.15) is 51.1 Å². The van der Waals surface area contributed by atoms with Crippen LogP contribution < -0.4 is 5.32 Å². The minimum absolute atomic E-state index is 0.314. The first kappa shape index (κ1) is 13.0. The van der Waals surface area contributed by atoms with Crippen molar-refractivity contribution in [3.8, 4) is 5.75 Å². The first-order valence-corrected chi connectivity index (χ1v) is 6.26. The van der Waals surface area contributed by atoms with Crippen LogP contribution in [-0.2, 0) is 0 Å². The number of hydrogen-bond acceptors (Lipinski definition) is 2. The van der Waals surface area contributed by atoms with E-state index in [1.54, 1.807) is 6.07 Å². The van der Waals surface area contributed by atoms with Gasteiger partial charge in [-0.25, -0.2) is 0 Å². The van der Waals surface area contributed by atoms with Crippen molar-refractivity contribution in [3.63, 3.8) is 0 Å². The number of nitrogens with one attached hydrogen (secondary N) is 1. The second-order valence-corrected chi connectivity index (χ2v) is 4.33. The Bertz CT molecular complexity index is 299. The Kier molecular flexibility index (Phi) is 5.94. The highest BCUT2D eigenvalue weighted by Crippen LogP contribution is 2.17. The van der Waals surface area contributed by atoms with E-state index >= 15 is 0 Å². The first-order chi connectivity index (χ1) is 7.74. The molecule has 0 saturated heterocycles. The number of phenols is 1. The van der Waals surface area contributed by atoms with E-state index < -0.39 is 0 Å². The molecule has 16 heavy (non-hydrogen) atoms. The fourth-order valence-electron chi connectivity index (χ4n) is 1.78. The average Bonchev–Trinajstić information content (AvgIpc) is 2.28. The third-order valence-corrected chi connectivity index (χ3v) is 2.85. The third-order valence-electron chi connectivity index (χ3n) is 2.85. The Labute approximate surface area is 98.7 Å². The fourth-order valence-corrected chi connectivity index (χ4v) is 1.78. The van der Waals surface area contributed by atoms with Crippen LogP contribution in [-0.4, -0.2) is 11.7 Å². The maximum absolute atomic E-state index is 9.38. The Hall–Kier alpha value is -1.02. The zero-order chi connectivity index (χ0) is 11.8. The summed E-state index contributed by atoms with van der Waals surface area (Å²) in [6.45, 7) is 5.41. The lowest BCUT2D eigenvalue weighted by molar-refractivity contribution is 0.471. The number of phenolic OH excluding ortho intramolecular Hbond substituents is 1. The zero-order valence-electron chi connectivity index (χ0n) is 10.4. The van der Waals surface area contributed by atoms with Crippen molar-refractivity contribution in [3.05, 3.63) is 29.8 Å². The second-order valence-electron chi connectivity index (χ2n) is 4.33. The number of unbranched alkanes of at least 4 members (excludes halogenated alkanes) is 3. The summed E-state index contributed by atoms with van der Waals surface area (Å²) in [5.74, 6) is 0.345. The van der Waals surface area contributed by atoms with Crippen molar-refractivity contribution in [1.82, 2.24) is 5.32 Å². The molecule has 0 fully saturated rings.